The lowest BCUT2D eigenvalue weighted by Crippen LogP contribution is -2.21. The quantitative estimate of drug-likeness (QED) is 0.860. The summed E-state index contributed by atoms with van der Waals surface area (Å²) in [5.74, 6) is 0. The van der Waals surface area contributed by atoms with Crippen LogP contribution >= 0.6 is 0 Å². The molecule has 0 amide bonds. The van der Waals surface area contributed by atoms with Crippen molar-refractivity contribution in [2.75, 3.05) is 11.4 Å². The van der Waals surface area contributed by atoms with Gasteiger partial charge in [0.25, 0.3) is 10.1 Å². The Balaban J connectivity index is 2.17. The lowest BCUT2D eigenvalue weighted by atomic mass is 10.2. The Hall–Kier alpha value is -1.85. The van der Waals surface area contributed by atoms with Gasteiger partial charge in [-0.3, -0.25) is 4.55 Å². The van der Waals surface area contributed by atoms with E-state index in [9.17, 15) is 8.42 Å². The van der Waals surface area contributed by atoms with Gasteiger partial charge in [-0.05, 0) is 36.8 Å². The van der Waals surface area contributed by atoms with Crippen molar-refractivity contribution in [2.24, 2.45) is 0 Å². The molecule has 0 spiro atoms. The molecule has 0 aliphatic rings. The van der Waals surface area contributed by atoms with E-state index >= 15 is 0 Å². The molecular weight excluding hydrogens is 274 g/mol. The highest BCUT2D eigenvalue weighted by molar-refractivity contribution is 7.85. The Morgan fingerprint density at radius 2 is 1.60 bits per heavy atom. The first-order valence-electron chi connectivity index (χ1n) is 6.37. The second kappa shape index (κ2) is 6.07. The SMILES string of the molecule is CCN(Cc1ccc(S(=O)(=O)O)cc1)c1ccccc1. The molecule has 4 nitrogen and oxygen atoms in total. The highest BCUT2D eigenvalue weighted by Crippen LogP contribution is 2.17. The number of para-hydroxylation sites is 1. The van der Waals surface area contributed by atoms with Gasteiger partial charge in [-0.25, -0.2) is 0 Å². The van der Waals surface area contributed by atoms with E-state index in [1.165, 1.54) is 12.1 Å². The summed E-state index contributed by atoms with van der Waals surface area (Å²) in [6.07, 6.45) is 0. The van der Waals surface area contributed by atoms with Crippen LogP contribution in [0.15, 0.2) is 59.5 Å². The minimum Gasteiger partial charge on any atom is -0.367 e. The number of benzene rings is 2. The van der Waals surface area contributed by atoms with Crippen LogP contribution in [0.1, 0.15) is 12.5 Å². The number of hydrogen-bond acceptors (Lipinski definition) is 3. The molecule has 0 heterocycles. The van der Waals surface area contributed by atoms with Crippen LogP contribution in [0.3, 0.4) is 0 Å². The Bertz CT molecular complexity index is 651. The van der Waals surface area contributed by atoms with Crippen LogP contribution in [0.5, 0.6) is 0 Å². The van der Waals surface area contributed by atoms with Gasteiger partial charge < -0.3 is 4.90 Å². The van der Waals surface area contributed by atoms with Crippen molar-refractivity contribution in [3.05, 3.63) is 60.2 Å². The van der Waals surface area contributed by atoms with E-state index in [0.29, 0.717) is 6.54 Å². The van der Waals surface area contributed by atoms with E-state index in [-0.39, 0.29) is 4.90 Å². The first-order chi connectivity index (χ1) is 9.50. The van der Waals surface area contributed by atoms with Crippen molar-refractivity contribution >= 4 is 15.8 Å². The highest BCUT2D eigenvalue weighted by Gasteiger charge is 2.10. The molecule has 2 rings (SSSR count). The predicted molar refractivity (Wildman–Crippen MR) is 79.4 cm³/mol. The van der Waals surface area contributed by atoms with Gasteiger partial charge >= 0.3 is 0 Å². The van der Waals surface area contributed by atoms with Gasteiger partial charge in [-0.1, -0.05) is 30.3 Å². The molecule has 5 heteroatoms. The summed E-state index contributed by atoms with van der Waals surface area (Å²) in [5, 5.41) is 0. The fourth-order valence-electron chi connectivity index (χ4n) is 2.01. The fourth-order valence-corrected chi connectivity index (χ4v) is 2.49. The Labute approximate surface area is 119 Å². The zero-order valence-corrected chi connectivity index (χ0v) is 12.0. The van der Waals surface area contributed by atoms with E-state index in [4.69, 9.17) is 4.55 Å². The zero-order valence-electron chi connectivity index (χ0n) is 11.2. The number of nitrogens with zero attached hydrogens (tertiary/aromatic N) is 1. The third kappa shape index (κ3) is 3.59. The summed E-state index contributed by atoms with van der Waals surface area (Å²) in [6, 6.07) is 16.3. The molecule has 0 aliphatic carbocycles. The lowest BCUT2D eigenvalue weighted by Gasteiger charge is -2.23. The predicted octanol–water partition coefficient (Wildman–Crippen LogP) is 2.96. The fraction of sp³-hybridized carbons (Fsp3) is 0.200. The van der Waals surface area contributed by atoms with Crippen molar-refractivity contribution in [1.29, 1.82) is 0 Å². The van der Waals surface area contributed by atoms with Gasteiger partial charge in [0.15, 0.2) is 0 Å². The van der Waals surface area contributed by atoms with E-state index < -0.39 is 10.1 Å². The molecule has 2 aromatic carbocycles. The molecule has 0 fully saturated rings. The summed E-state index contributed by atoms with van der Waals surface area (Å²) in [5.41, 5.74) is 2.11. The maximum Gasteiger partial charge on any atom is 0.294 e. The van der Waals surface area contributed by atoms with Gasteiger partial charge in [0.2, 0.25) is 0 Å². The monoisotopic (exact) mass is 291 g/mol. The molecule has 2 aromatic rings. The van der Waals surface area contributed by atoms with Crippen LogP contribution in [0.4, 0.5) is 5.69 Å². The summed E-state index contributed by atoms with van der Waals surface area (Å²) in [7, 11) is -4.12. The molecule has 0 saturated carbocycles. The van der Waals surface area contributed by atoms with E-state index in [1.54, 1.807) is 12.1 Å². The van der Waals surface area contributed by atoms with Crippen molar-refractivity contribution < 1.29 is 13.0 Å². The summed E-state index contributed by atoms with van der Waals surface area (Å²) in [6.45, 7) is 3.61. The van der Waals surface area contributed by atoms with Crippen molar-refractivity contribution in [3.8, 4) is 0 Å². The molecule has 0 saturated heterocycles. The minimum atomic E-state index is -4.12. The molecule has 0 unspecified atom stereocenters. The van der Waals surface area contributed by atoms with Crippen molar-refractivity contribution in [3.63, 3.8) is 0 Å². The topological polar surface area (TPSA) is 57.6 Å². The molecule has 1 N–H and O–H groups in total. The maximum atomic E-state index is 11.0. The average molecular weight is 291 g/mol. The maximum absolute atomic E-state index is 11.0. The smallest absolute Gasteiger partial charge is 0.294 e. The molecule has 0 aromatic heterocycles. The van der Waals surface area contributed by atoms with Crippen LogP contribution in [-0.2, 0) is 16.7 Å². The van der Waals surface area contributed by atoms with E-state index in [2.05, 4.69) is 11.8 Å². The third-order valence-electron chi connectivity index (χ3n) is 3.10. The van der Waals surface area contributed by atoms with Gasteiger partial charge in [0.1, 0.15) is 0 Å². The first-order valence-corrected chi connectivity index (χ1v) is 7.81. The van der Waals surface area contributed by atoms with Gasteiger partial charge in [0.05, 0.1) is 4.90 Å². The molecule has 0 atom stereocenters. The van der Waals surface area contributed by atoms with Crippen molar-refractivity contribution in [2.45, 2.75) is 18.4 Å². The standard InChI is InChI=1S/C15H17NO3S/c1-2-16(14-6-4-3-5-7-14)12-13-8-10-15(11-9-13)20(17,18)19/h3-11H,2,12H2,1H3,(H,17,18,19). The molecule has 106 valence electrons. The summed E-state index contributed by atoms with van der Waals surface area (Å²) in [4.78, 5) is 2.10. The van der Waals surface area contributed by atoms with Crippen LogP contribution in [-0.4, -0.2) is 19.5 Å². The Kier molecular flexibility index (Phi) is 4.42. The Morgan fingerprint density at radius 1 is 1.00 bits per heavy atom. The van der Waals surface area contributed by atoms with Crippen LogP contribution in [0.2, 0.25) is 0 Å². The van der Waals surface area contributed by atoms with E-state index in [0.717, 1.165) is 17.8 Å². The van der Waals surface area contributed by atoms with E-state index in [1.807, 2.05) is 30.3 Å². The molecular formula is C15H17NO3S. The molecule has 0 radical (unpaired) electrons. The van der Waals surface area contributed by atoms with Gasteiger partial charge in [-0.2, -0.15) is 8.42 Å². The number of hydrogen-bond donors (Lipinski definition) is 1. The van der Waals surface area contributed by atoms with Gasteiger partial charge in [-0.15, -0.1) is 0 Å². The van der Waals surface area contributed by atoms with Gasteiger partial charge in [0, 0.05) is 18.8 Å². The third-order valence-corrected chi connectivity index (χ3v) is 3.97. The number of rotatable bonds is 5. The van der Waals surface area contributed by atoms with Crippen LogP contribution in [0, 0.1) is 0 Å². The second-order valence-corrected chi connectivity index (χ2v) is 5.89. The van der Waals surface area contributed by atoms with Crippen LogP contribution < -0.4 is 4.90 Å². The summed E-state index contributed by atoms with van der Waals surface area (Å²) >= 11 is 0. The summed E-state index contributed by atoms with van der Waals surface area (Å²) < 4.78 is 30.9. The number of anilines is 1. The highest BCUT2D eigenvalue weighted by atomic mass is 32.2. The van der Waals surface area contributed by atoms with Crippen molar-refractivity contribution in [1.82, 2.24) is 0 Å². The van der Waals surface area contributed by atoms with Crippen LogP contribution in [0.25, 0.3) is 0 Å². The first kappa shape index (κ1) is 14.6. The average Bonchev–Trinajstić information content (AvgIpc) is 2.45. The second-order valence-electron chi connectivity index (χ2n) is 4.47. The molecule has 0 bridgehead atoms. The lowest BCUT2D eigenvalue weighted by molar-refractivity contribution is 0.483. The molecule has 20 heavy (non-hydrogen) atoms. The largest absolute Gasteiger partial charge is 0.367 e. The molecule has 0 aliphatic heterocycles. The zero-order chi connectivity index (χ0) is 14.6. The normalized spacial score (nSPS) is 11.3. The Morgan fingerprint density at radius 3 is 2.10 bits per heavy atom. The minimum absolute atomic E-state index is 0.0796.